The Balaban J connectivity index is 1.48. The molecule has 210 valence electrons. The highest BCUT2D eigenvalue weighted by Gasteiger charge is 2.29. The van der Waals surface area contributed by atoms with Crippen LogP contribution in [0.5, 0.6) is 5.75 Å². The molecule has 0 radical (unpaired) electrons. The molecule has 1 amide bonds. The molecule has 1 aliphatic heterocycles. The lowest BCUT2D eigenvalue weighted by molar-refractivity contribution is 0.0706. The molecule has 0 bridgehead atoms. The van der Waals surface area contributed by atoms with Crippen LogP contribution in [0, 0.1) is 5.82 Å². The highest BCUT2D eigenvalue weighted by molar-refractivity contribution is 7.90. The number of rotatable bonds is 11. The number of halogens is 1. The number of imidazole rings is 1. The van der Waals surface area contributed by atoms with Crippen LogP contribution >= 0.6 is 0 Å². The van der Waals surface area contributed by atoms with E-state index in [9.17, 15) is 17.6 Å². The molecule has 2 aromatic heterocycles. The number of ether oxygens (including phenoxy) is 2. The summed E-state index contributed by atoms with van der Waals surface area (Å²) in [6.07, 6.45) is 4.52. The van der Waals surface area contributed by atoms with Gasteiger partial charge in [-0.25, -0.2) is 17.8 Å². The van der Waals surface area contributed by atoms with Crippen LogP contribution in [-0.2, 0) is 40.0 Å². The number of benzene rings is 2. The fraction of sp³-hybridized carbons (Fsp3) is 0.310. The standard InChI is InChI=1S/C29H30FN3O6S/c1-37-25-12-8-22(9-13-25)28(34)32(18-26-4-2-14-38-26)17-24-16-31-29(33(24)19-27-5-3-15-39-27)40(35,36)20-21-6-10-23(30)11-7-21/h2,4,6-14,16,27H,3,5,15,17-20H2,1H3/t27-/m1/s1. The summed E-state index contributed by atoms with van der Waals surface area (Å²) < 4.78 is 58.6. The van der Waals surface area contributed by atoms with Crippen molar-refractivity contribution in [1.29, 1.82) is 0 Å². The van der Waals surface area contributed by atoms with Crippen molar-refractivity contribution < 1.29 is 31.5 Å². The Kier molecular flexibility index (Phi) is 8.32. The topological polar surface area (TPSA) is 104 Å². The van der Waals surface area contributed by atoms with Crippen LogP contribution in [0.15, 0.2) is 82.7 Å². The van der Waals surface area contributed by atoms with E-state index in [1.165, 1.54) is 36.7 Å². The van der Waals surface area contributed by atoms with Crippen LogP contribution in [-0.4, -0.2) is 48.6 Å². The number of carbonyl (C=O) groups excluding carboxylic acids is 1. The summed E-state index contributed by atoms with van der Waals surface area (Å²) in [4.78, 5) is 19.5. The van der Waals surface area contributed by atoms with Crippen molar-refractivity contribution in [3.63, 3.8) is 0 Å². The number of sulfone groups is 1. The zero-order chi connectivity index (χ0) is 28.1. The van der Waals surface area contributed by atoms with Gasteiger partial charge in [0, 0.05) is 12.2 Å². The number of methoxy groups -OCH3 is 1. The van der Waals surface area contributed by atoms with Gasteiger partial charge in [-0.15, -0.1) is 0 Å². The molecule has 5 rings (SSSR count). The molecule has 2 aromatic carbocycles. The Bertz CT molecular complexity index is 1530. The van der Waals surface area contributed by atoms with E-state index in [0.717, 1.165) is 12.8 Å². The van der Waals surface area contributed by atoms with Gasteiger partial charge in [0.2, 0.25) is 15.0 Å². The van der Waals surface area contributed by atoms with Crippen LogP contribution in [0.1, 0.15) is 40.2 Å². The molecule has 4 aromatic rings. The van der Waals surface area contributed by atoms with E-state index in [1.807, 2.05) is 0 Å². The smallest absolute Gasteiger partial charge is 0.254 e. The maximum absolute atomic E-state index is 13.6. The maximum atomic E-state index is 13.6. The van der Waals surface area contributed by atoms with E-state index in [0.29, 0.717) is 34.9 Å². The van der Waals surface area contributed by atoms with Crippen molar-refractivity contribution >= 4 is 15.7 Å². The molecular weight excluding hydrogens is 537 g/mol. The summed E-state index contributed by atoms with van der Waals surface area (Å²) in [6, 6.07) is 15.6. The number of amides is 1. The summed E-state index contributed by atoms with van der Waals surface area (Å²) in [5, 5.41) is -0.114. The lowest BCUT2D eigenvalue weighted by Gasteiger charge is -2.24. The third-order valence-corrected chi connectivity index (χ3v) is 8.36. The van der Waals surface area contributed by atoms with Gasteiger partial charge in [-0.1, -0.05) is 12.1 Å². The van der Waals surface area contributed by atoms with Crippen molar-refractivity contribution in [3.05, 3.63) is 102 Å². The van der Waals surface area contributed by atoms with Crippen LogP contribution < -0.4 is 4.74 Å². The van der Waals surface area contributed by atoms with E-state index in [-0.39, 0.29) is 42.6 Å². The SMILES string of the molecule is COc1ccc(C(=O)N(Cc2ccco2)Cc2cnc(S(=O)(=O)Cc3ccc(F)cc3)n2C[C@H]2CCCO2)cc1. The average Bonchev–Trinajstić information content (AvgIpc) is 3.73. The number of nitrogens with zero attached hydrogens (tertiary/aromatic N) is 3. The Hall–Kier alpha value is -3.96. The van der Waals surface area contributed by atoms with Crippen molar-refractivity contribution in [2.45, 2.75) is 49.5 Å². The van der Waals surface area contributed by atoms with Gasteiger partial charge in [-0.3, -0.25) is 4.79 Å². The first-order valence-corrected chi connectivity index (χ1v) is 14.6. The highest BCUT2D eigenvalue weighted by atomic mass is 32.2. The molecule has 11 heteroatoms. The predicted molar refractivity (Wildman–Crippen MR) is 144 cm³/mol. The molecular formula is C29H30FN3O6S. The maximum Gasteiger partial charge on any atom is 0.254 e. The Labute approximate surface area is 232 Å². The van der Waals surface area contributed by atoms with Crippen molar-refractivity contribution in [2.24, 2.45) is 0 Å². The van der Waals surface area contributed by atoms with Gasteiger partial charge < -0.3 is 23.4 Å². The molecule has 9 nitrogen and oxygen atoms in total. The lowest BCUT2D eigenvalue weighted by atomic mass is 10.1. The van der Waals surface area contributed by atoms with Gasteiger partial charge in [0.25, 0.3) is 5.91 Å². The summed E-state index contributed by atoms with van der Waals surface area (Å²) in [5.41, 5.74) is 1.44. The molecule has 3 heterocycles. The average molecular weight is 568 g/mol. The molecule has 1 saturated heterocycles. The molecule has 0 unspecified atom stereocenters. The molecule has 1 atom stereocenters. The molecule has 0 saturated carbocycles. The zero-order valence-corrected chi connectivity index (χ0v) is 22.8. The molecule has 1 fully saturated rings. The second kappa shape index (κ2) is 12.1. The first-order valence-electron chi connectivity index (χ1n) is 12.9. The minimum Gasteiger partial charge on any atom is -0.497 e. The van der Waals surface area contributed by atoms with Crippen LogP contribution in [0.25, 0.3) is 0 Å². The first kappa shape index (κ1) is 27.6. The summed E-state index contributed by atoms with van der Waals surface area (Å²) in [5.74, 6) is 0.160. The van der Waals surface area contributed by atoms with E-state index in [4.69, 9.17) is 13.9 Å². The summed E-state index contributed by atoms with van der Waals surface area (Å²) in [7, 11) is -2.35. The summed E-state index contributed by atoms with van der Waals surface area (Å²) in [6.45, 7) is 1.13. The van der Waals surface area contributed by atoms with Crippen molar-refractivity contribution in [2.75, 3.05) is 13.7 Å². The Morgan fingerprint density at radius 1 is 1.12 bits per heavy atom. The minimum absolute atomic E-state index is 0.0807. The summed E-state index contributed by atoms with van der Waals surface area (Å²) >= 11 is 0. The van der Waals surface area contributed by atoms with Gasteiger partial charge in [-0.05, 0) is 66.9 Å². The molecule has 0 spiro atoms. The number of hydrogen-bond donors (Lipinski definition) is 0. The fourth-order valence-electron chi connectivity index (χ4n) is 4.72. The van der Waals surface area contributed by atoms with E-state index >= 15 is 0 Å². The normalized spacial score (nSPS) is 15.3. The van der Waals surface area contributed by atoms with Crippen molar-refractivity contribution in [1.82, 2.24) is 14.5 Å². The first-order chi connectivity index (χ1) is 19.3. The Morgan fingerprint density at radius 3 is 2.55 bits per heavy atom. The second-order valence-electron chi connectivity index (χ2n) is 9.63. The van der Waals surface area contributed by atoms with Gasteiger partial charge in [-0.2, -0.15) is 0 Å². The minimum atomic E-state index is -3.91. The number of carbonyl (C=O) groups is 1. The van der Waals surface area contributed by atoms with E-state index < -0.39 is 15.7 Å². The molecule has 1 aliphatic rings. The molecule has 0 aliphatic carbocycles. The second-order valence-corrected chi connectivity index (χ2v) is 11.5. The van der Waals surface area contributed by atoms with Gasteiger partial charge >= 0.3 is 0 Å². The van der Waals surface area contributed by atoms with Gasteiger partial charge in [0.1, 0.15) is 17.3 Å². The highest BCUT2D eigenvalue weighted by Crippen LogP contribution is 2.24. The number of aromatic nitrogens is 2. The quantitative estimate of drug-likeness (QED) is 0.261. The van der Waals surface area contributed by atoms with Gasteiger partial charge in [0.05, 0.1) is 56.8 Å². The zero-order valence-electron chi connectivity index (χ0n) is 22.0. The van der Waals surface area contributed by atoms with Crippen LogP contribution in [0.3, 0.4) is 0 Å². The molecule has 40 heavy (non-hydrogen) atoms. The van der Waals surface area contributed by atoms with Crippen LogP contribution in [0.2, 0.25) is 0 Å². The van der Waals surface area contributed by atoms with E-state index in [1.54, 1.807) is 53.0 Å². The van der Waals surface area contributed by atoms with Crippen molar-refractivity contribution in [3.8, 4) is 5.75 Å². The number of furan rings is 1. The monoisotopic (exact) mass is 567 g/mol. The molecule has 0 N–H and O–H groups in total. The van der Waals surface area contributed by atoms with Crippen LogP contribution in [0.4, 0.5) is 4.39 Å². The van der Waals surface area contributed by atoms with E-state index in [2.05, 4.69) is 4.98 Å². The predicted octanol–water partition coefficient (Wildman–Crippen LogP) is 4.62. The lowest BCUT2D eigenvalue weighted by Crippen LogP contribution is -2.32. The van der Waals surface area contributed by atoms with Gasteiger partial charge in [0.15, 0.2) is 0 Å². The number of hydrogen-bond acceptors (Lipinski definition) is 7. The fourth-order valence-corrected chi connectivity index (χ4v) is 6.22. The third kappa shape index (κ3) is 6.43. The Morgan fingerprint density at radius 2 is 1.90 bits per heavy atom. The largest absolute Gasteiger partial charge is 0.497 e. The third-order valence-electron chi connectivity index (χ3n) is 6.76.